The molecule has 1 aromatic rings. The summed E-state index contributed by atoms with van der Waals surface area (Å²) in [6, 6.07) is 0. The maximum Gasteiger partial charge on any atom is 0.264 e. The molecule has 0 N–H and O–H groups in total. The van der Waals surface area contributed by atoms with E-state index in [-0.39, 0.29) is 5.76 Å². The summed E-state index contributed by atoms with van der Waals surface area (Å²) in [5.74, 6) is 0.282. The van der Waals surface area contributed by atoms with E-state index in [9.17, 15) is 4.39 Å². The molecule has 1 aromatic heterocycles. The molecule has 0 amide bonds. The van der Waals surface area contributed by atoms with E-state index in [0.717, 1.165) is 0 Å². The monoisotopic (exact) mass is 221 g/mol. The zero-order valence-corrected chi connectivity index (χ0v) is 8.20. The molecule has 0 aliphatic rings. The highest BCUT2D eigenvalue weighted by Crippen LogP contribution is 2.29. The summed E-state index contributed by atoms with van der Waals surface area (Å²) < 4.78 is 18.3. The molecular weight excluding hydrogens is 213 g/mol. The number of oxazole rings is 1. The zero-order valence-electron chi connectivity index (χ0n) is 6.61. The average molecular weight is 222 g/mol. The SMILES string of the molecule is Cc1nc(Br)oc1C(C)(C)F. The topological polar surface area (TPSA) is 26.0 Å². The normalized spacial score (nSPS) is 12.1. The van der Waals surface area contributed by atoms with Gasteiger partial charge in [0, 0.05) is 15.9 Å². The second kappa shape index (κ2) is 2.59. The van der Waals surface area contributed by atoms with Gasteiger partial charge in [-0.05, 0) is 20.8 Å². The fourth-order valence-electron chi connectivity index (χ4n) is 0.915. The van der Waals surface area contributed by atoms with Gasteiger partial charge in [-0.2, -0.15) is 0 Å². The molecule has 0 saturated carbocycles. The van der Waals surface area contributed by atoms with Crippen molar-refractivity contribution in [2.45, 2.75) is 26.4 Å². The van der Waals surface area contributed by atoms with Gasteiger partial charge in [-0.1, -0.05) is 0 Å². The quantitative estimate of drug-likeness (QED) is 0.729. The standard InChI is InChI=1S/C7H9BrFNO/c1-4-5(7(2,3)9)11-6(8)10-4/h1-3H3. The van der Waals surface area contributed by atoms with E-state index in [0.29, 0.717) is 10.5 Å². The van der Waals surface area contributed by atoms with Crippen molar-refractivity contribution in [3.8, 4) is 0 Å². The Morgan fingerprint density at radius 1 is 1.55 bits per heavy atom. The third-order valence-electron chi connectivity index (χ3n) is 1.31. The van der Waals surface area contributed by atoms with Crippen molar-refractivity contribution in [1.29, 1.82) is 0 Å². The summed E-state index contributed by atoms with van der Waals surface area (Å²) in [4.78, 5) is 4.22. The van der Waals surface area contributed by atoms with Gasteiger partial charge in [0.1, 0.15) is 0 Å². The first-order valence-corrected chi connectivity index (χ1v) is 4.03. The molecule has 0 saturated heterocycles. The van der Waals surface area contributed by atoms with Gasteiger partial charge in [0.15, 0.2) is 11.4 Å². The number of hydrogen-bond acceptors (Lipinski definition) is 2. The Balaban J connectivity index is 3.13. The number of halogens is 2. The molecule has 4 heteroatoms. The Morgan fingerprint density at radius 3 is 2.27 bits per heavy atom. The minimum atomic E-state index is -1.46. The van der Waals surface area contributed by atoms with Crippen LogP contribution < -0.4 is 0 Å². The van der Waals surface area contributed by atoms with E-state index in [1.54, 1.807) is 6.92 Å². The van der Waals surface area contributed by atoms with Crippen molar-refractivity contribution in [2.24, 2.45) is 0 Å². The maximum atomic E-state index is 13.2. The first-order chi connectivity index (χ1) is 4.91. The highest BCUT2D eigenvalue weighted by molar-refractivity contribution is 9.10. The van der Waals surface area contributed by atoms with Crippen molar-refractivity contribution in [2.75, 3.05) is 0 Å². The zero-order chi connectivity index (χ0) is 8.65. The number of alkyl halides is 1. The Labute approximate surface area is 72.9 Å². The van der Waals surface area contributed by atoms with Gasteiger partial charge in [-0.25, -0.2) is 9.37 Å². The van der Waals surface area contributed by atoms with Crippen LogP contribution in [-0.4, -0.2) is 4.98 Å². The van der Waals surface area contributed by atoms with Crippen LogP contribution in [0.25, 0.3) is 0 Å². The molecule has 0 aliphatic carbocycles. The summed E-state index contributed by atoms with van der Waals surface area (Å²) in [7, 11) is 0. The molecule has 0 aromatic carbocycles. The van der Waals surface area contributed by atoms with Crippen LogP contribution in [0.5, 0.6) is 0 Å². The Kier molecular flexibility index (Phi) is 2.05. The van der Waals surface area contributed by atoms with Crippen LogP contribution in [0.3, 0.4) is 0 Å². The number of nitrogens with zero attached hydrogens (tertiary/aromatic N) is 1. The fraction of sp³-hybridized carbons (Fsp3) is 0.571. The van der Waals surface area contributed by atoms with Crippen LogP contribution in [0.4, 0.5) is 4.39 Å². The van der Waals surface area contributed by atoms with Gasteiger partial charge in [0.2, 0.25) is 0 Å². The minimum Gasteiger partial charge on any atom is -0.433 e. The lowest BCUT2D eigenvalue weighted by Crippen LogP contribution is -2.09. The summed E-state index contributed by atoms with van der Waals surface area (Å²) in [5, 5.41) is 0. The fourth-order valence-corrected chi connectivity index (χ4v) is 1.34. The van der Waals surface area contributed by atoms with Gasteiger partial charge in [0.25, 0.3) is 4.80 Å². The lowest BCUT2D eigenvalue weighted by Gasteiger charge is -2.09. The number of aromatic nitrogens is 1. The van der Waals surface area contributed by atoms with Crippen molar-refractivity contribution in [1.82, 2.24) is 4.98 Å². The maximum absolute atomic E-state index is 13.2. The largest absolute Gasteiger partial charge is 0.433 e. The molecule has 0 atom stereocenters. The highest BCUT2D eigenvalue weighted by atomic mass is 79.9. The third-order valence-corrected chi connectivity index (χ3v) is 1.65. The van der Waals surface area contributed by atoms with Crippen LogP contribution in [0.1, 0.15) is 25.3 Å². The first-order valence-electron chi connectivity index (χ1n) is 3.23. The second-order valence-corrected chi connectivity index (χ2v) is 3.53. The lowest BCUT2D eigenvalue weighted by molar-refractivity contribution is 0.175. The molecule has 62 valence electrons. The van der Waals surface area contributed by atoms with E-state index in [4.69, 9.17) is 4.42 Å². The molecule has 0 unspecified atom stereocenters. The third kappa shape index (κ3) is 1.80. The molecule has 0 bridgehead atoms. The van der Waals surface area contributed by atoms with Crippen molar-refractivity contribution < 1.29 is 8.81 Å². The van der Waals surface area contributed by atoms with E-state index in [1.807, 2.05) is 0 Å². The molecule has 0 radical (unpaired) electrons. The van der Waals surface area contributed by atoms with Gasteiger partial charge >= 0.3 is 0 Å². The van der Waals surface area contributed by atoms with Gasteiger partial charge in [-0.3, -0.25) is 0 Å². The summed E-state index contributed by atoms with van der Waals surface area (Å²) >= 11 is 3.03. The van der Waals surface area contributed by atoms with Crippen LogP contribution in [-0.2, 0) is 5.67 Å². The summed E-state index contributed by atoms with van der Waals surface area (Å²) in [6.07, 6.45) is 0. The predicted molar refractivity (Wildman–Crippen MR) is 43.1 cm³/mol. The van der Waals surface area contributed by atoms with Crippen LogP contribution in [0.2, 0.25) is 0 Å². The van der Waals surface area contributed by atoms with Crippen molar-refractivity contribution in [3.63, 3.8) is 0 Å². The minimum absolute atomic E-state index is 0.282. The molecule has 2 nitrogen and oxygen atoms in total. The summed E-state index contributed by atoms with van der Waals surface area (Å²) in [5.41, 5.74) is -0.868. The number of rotatable bonds is 1. The van der Waals surface area contributed by atoms with Gasteiger partial charge in [0.05, 0.1) is 5.69 Å². The molecular formula is C7H9BrFNO. The van der Waals surface area contributed by atoms with Crippen molar-refractivity contribution >= 4 is 15.9 Å². The Bertz CT molecular complexity index is 264. The molecule has 0 spiro atoms. The number of aryl methyl sites for hydroxylation is 1. The average Bonchev–Trinajstić information content (AvgIpc) is 2.08. The molecule has 1 rings (SSSR count). The predicted octanol–water partition coefficient (Wildman–Crippen LogP) is 2.95. The van der Waals surface area contributed by atoms with E-state index in [1.165, 1.54) is 13.8 Å². The molecule has 1 heterocycles. The Morgan fingerprint density at radius 2 is 2.09 bits per heavy atom. The molecule has 0 aliphatic heterocycles. The smallest absolute Gasteiger partial charge is 0.264 e. The van der Waals surface area contributed by atoms with Gasteiger partial charge in [-0.15, -0.1) is 0 Å². The lowest BCUT2D eigenvalue weighted by atomic mass is 10.1. The Hall–Kier alpha value is -0.380. The summed E-state index contributed by atoms with van der Waals surface area (Å²) in [6.45, 7) is 4.59. The van der Waals surface area contributed by atoms with E-state index < -0.39 is 5.67 Å². The van der Waals surface area contributed by atoms with Crippen LogP contribution in [0, 0.1) is 6.92 Å². The highest BCUT2D eigenvalue weighted by Gasteiger charge is 2.26. The molecule has 11 heavy (non-hydrogen) atoms. The first kappa shape index (κ1) is 8.71. The van der Waals surface area contributed by atoms with E-state index in [2.05, 4.69) is 20.9 Å². The van der Waals surface area contributed by atoms with Crippen LogP contribution >= 0.6 is 15.9 Å². The van der Waals surface area contributed by atoms with E-state index >= 15 is 0 Å². The van der Waals surface area contributed by atoms with Crippen LogP contribution in [0.15, 0.2) is 9.22 Å². The van der Waals surface area contributed by atoms with Crippen molar-refractivity contribution in [3.05, 3.63) is 16.3 Å². The second-order valence-electron chi connectivity index (χ2n) is 2.85. The number of hydrogen-bond donors (Lipinski definition) is 0. The van der Waals surface area contributed by atoms with Gasteiger partial charge < -0.3 is 4.42 Å². The molecule has 0 fully saturated rings.